The molecule has 0 amide bonds. The minimum atomic E-state index is -0.413. The molecule has 15 heavy (non-hydrogen) atoms. The third-order valence-corrected chi connectivity index (χ3v) is 2.66. The van der Waals surface area contributed by atoms with Gasteiger partial charge >= 0.3 is 5.69 Å². The summed E-state index contributed by atoms with van der Waals surface area (Å²) in [5, 5.41) is 5.83. The van der Waals surface area contributed by atoms with Crippen LogP contribution in [-0.2, 0) is 0 Å². The van der Waals surface area contributed by atoms with Crippen LogP contribution in [0.15, 0.2) is 27.7 Å². The quantitative estimate of drug-likeness (QED) is 0.860. The Morgan fingerprint density at radius 1 is 1.53 bits per heavy atom. The first kappa shape index (κ1) is 10.1. The fourth-order valence-corrected chi connectivity index (χ4v) is 1.77. The van der Waals surface area contributed by atoms with E-state index in [2.05, 4.69) is 26.1 Å². The van der Waals surface area contributed by atoms with Gasteiger partial charge in [-0.1, -0.05) is 0 Å². The molecular formula is C9H7BrFN3O. The molecule has 0 fully saturated rings. The zero-order valence-corrected chi connectivity index (χ0v) is 9.38. The van der Waals surface area contributed by atoms with Crippen molar-refractivity contribution in [3.05, 3.63) is 44.8 Å². The average Bonchev–Trinajstić information content (AvgIpc) is 2.58. The Kier molecular flexibility index (Phi) is 2.44. The van der Waals surface area contributed by atoms with Gasteiger partial charge < -0.3 is 0 Å². The number of aromatic amines is 1. The third-order valence-electron chi connectivity index (χ3n) is 2.05. The van der Waals surface area contributed by atoms with Gasteiger partial charge in [0.05, 0.1) is 10.2 Å². The van der Waals surface area contributed by atoms with Gasteiger partial charge in [-0.2, -0.15) is 5.10 Å². The Labute approximate surface area is 92.9 Å². The number of benzene rings is 1. The van der Waals surface area contributed by atoms with E-state index in [0.29, 0.717) is 10.2 Å². The highest BCUT2D eigenvalue weighted by atomic mass is 79.9. The predicted molar refractivity (Wildman–Crippen MR) is 56.6 cm³/mol. The molecule has 0 saturated heterocycles. The zero-order valence-electron chi connectivity index (χ0n) is 7.79. The first-order valence-corrected chi connectivity index (χ1v) is 4.97. The second-order valence-electron chi connectivity index (χ2n) is 3.08. The van der Waals surface area contributed by atoms with Crippen molar-refractivity contribution < 1.29 is 4.39 Å². The number of aromatic nitrogens is 3. The van der Waals surface area contributed by atoms with Crippen molar-refractivity contribution in [3.8, 4) is 5.69 Å². The molecule has 0 radical (unpaired) electrons. The van der Waals surface area contributed by atoms with E-state index in [4.69, 9.17) is 0 Å². The van der Waals surface area contributed by atoms with Gasteiger partial charge in [0.2, 0.25) is 0 Å². The number of H-pyrrole nitrogens is 1. The number of halogens is 2. The Morgan fingerprint density at radius 2 is 2.27 bits per heavy atom. The minimum Gasteiger partial charge on any atom is -0.249 e. The first-order chi connectivity index (χ1) is 7.09. The number of nitrogens with zero attached hydrogens (tertiary/aromatic N) is 2. The second-order valence-corrected chi connectivity index (χ2v) is 3.94. The van der Waals surface area contributed by atoms with Crippen molar-refractivity contribution in [3.63, 3.8) is 0 Å². The maximum absolute atomic E-state index is 13.3. The molecule has 78 valence electrons. The maximum atomic E-state index is 13.3. The van der Waals surface area contributed by atoms with Crippen LogP contribution in [0.4, 0.5) is 4.39 Å². The molecule has 0 aliphatic heterocycles. The van der Waals surface area contributed by atoms with E-state index in [0.717, 1.165) is 5.56 Å². The van der Waals surface area contributed by atoms with E-state index in [1.165, 1.54) is 17.0 Å². The van der Waals surface area contributed by atoms with E-state index in [1.807, 2.05) is 0 Å². The lowest BCUT2D eigenvalue weighted by Gasteiger charge is -2.06. The van der Waals surface area contributed by atoms with E-state index in [9.17, 15) is 9.18 Å². The Hall–Kier alpha value is -1.43. The lowest BCUT2D eigenvalue weighted by atomic mass is 10.2. The Bertz CT molecular complexity index is 561. The van der Waals surface area contributed by atoms with Gasteiger partial charge in [0.25, 0.3) is 0 Å². The van der Waals surface area contributed by atoms with Crippen LogP contribution in [-0.4, -0.2) is 14.8 Å². The standard InChI is InChI=1S/C9H7BrFN3O/c1-5-2-6(10)7(11)3-8(5)14-4-12-13-9(14)15/h2-4H,1H3,(H,13,15). The average molecular weight is 272 g/mol. The molecule has 1 aromatic heterocycles. The van der Waals surface area contributed by atoms with Crippen molar-refractivity contribution in [2.75, 3.05) is 0 Å². The SMILES string of the molecule is Cc1cc(Br)c(F)cc1-n1cn[nH]c1=O. The first-order valence-electron chi connectivity index (χ1n) is 4.17. The van der Waals surface area contributed by atoms with Crippen LogP contribution < -0.4 is 5.69 Å². The minimum absolute atomic E-state index is 0.375. The lowest BCUT2D eigenvalue weighted by Crippen LogP contribution is -2.15. The molecule has 0 spiro atoms. The summed E-state index contributed by atoms with van der Waals surface area (Å²) in [6.07, 6.45) is 1.32. The van der Waals surface area contributed by atoms with E-state index in [1.54, 1.807) is 13.0 Å². The second kappa shape index (κ2) is 3.62. The van der Waals surface area contributed by atoms with Crippen molar-refractivity contribution in [2.45, 2.75) is 6.92 Å². The molecule has 0 bridgehead atoms. The highest BCUT2D eigenvalue weighted by Gasteiger charge is 2.08. The van der Waals surface area contributed by atoms with Crippen molar-refractivity contribution in [1.29, 1.82) is 0 Å². The molecule has 2 rings (SSSR count). The normalized spacial score (nSPS) is 10.6. The summed E-state index contributed by atoms with van der Waals surface area (Å²) in [5.41, 5.74) is 0.876. The molecular weight excluding hydrogens is 265 g/mol. The number of aryl methyl sites for hydroxylation is 1. The molecule has 0 aliphatic carbocycles. The monoisotopic (exact) mass is 271 g/mol. The summed E-state index contributed by atoms with van der Waals surface area (Å²) in [6.45, 7) is 1.79. The van der Waals surface area contributed by atoms with Crippen LogP contribution >= 0.6 is 15.9 Å². The van der Waals surface area contributed by atoms with Crippen LogP contribution in [0.3, 0.4) is 0 Å². The summed E-state index contributed by atoms with van der Waals surface area (Å²) in [5.74, 6) is -0.413. The summed E-state index contributed by atoms with van der Waals surface area (Å²) >= 11 is 3.08. The maximum Gasteiger partial charge on any atom is 0.347 e. The van der Waals surface area contributed by atoms with Gasteiger partial charge in [0, 0.05) is 0 Å². The molecule has 0 aliphatic rings. The van der Waals surface area contributed by atoms with Gasteiger partial charge in [-0.05, 0) is 40.5 Å². The molecule has 1 aromatic carbocycles. The lowest BCUT2D eigenvalue weighted by molar-refractivity contribution is 0.619. The largest absolute Gasteiger partial charge is 0.347 e. The molecule has 0 unspecified atom stereocenters. The van der Waals surface area contributed by atoms with Gasteiger partial charge in [0.1, 0.15) is 12.1 Å². The van der Waals surface area contributed by atoms with E-state index < -0.39 is 5.82 Å². The van der Waals surface area contributed by atoms with E-state index >= 15 is 0 Å². The molecule has 1 N–H and O–H groups in total. The van der Waals surface area contributed by atoms with Crippen LogP contribution in [0, 0.1) is 12.7 Å². The topological polar surface area (TPSA) is 50.7 Å². The fourth-order valence-electron chi connectivity index (χ4n) is 1.32. The van der Waals surface area contributed by atoms with E-state index in [-0.39, 0.29) is 5.69 Å². The van der Waals surface area contributed by atoms with Gasteiger partial charge in [0.15, 0.2) is 0 Å². The zero-order chi connectivity index (χ0) is 11.0. The predicted octanol–water partition coefficient (Wildman–Crippen LogP) is 1.77. The number of nitrogens with one attached hydrogen (secondary N) is 1. The number of hydrogen-bond acceptors (Lipinski definition) is 2. The van der Waals surface area contributed by atoms with Gasteiger partial charge in [-0.15, -0.1) is 0 Å². The van der Waals surface area contributed by atoms with Crippen LogP contribution in [0.5, 0.6) is 0 Å². The van der Waals surface area contributed by atoms with Crippen molar-refractivity contribution in [2.24, 2.45) is 0 Å². The smallest absolute Gasteiger partial charge is 0.249 e. The molecule has 0 saturated carbocycles. The summed E-state index contributed by atoms with van der Waals surface area (Å²) < 4.78 is 14.9. The Morgan fingerprint density at radius 3 is 2.87 bits per heavy atom. The molecule has 2 aromatic rings. The molecule has 4 nitrogen and oxygen atoms in total. The van der Waals surface area contributed by atoms with Crippen LogP contribution in [0.2, 0.25) is 0 Å². The van der Waals surface area contributed by atoms with Gasteiger partial charge in [-0.3, -0.25) is 0 Å². The number of rotatable bonds is 1. The molecule has 0 atom stereocenters. The Balaban J connectivity index is 2.69. The van der Waals surface area contributed by atoms with Crippen LogP contribution in [0.1, 0.15) is 5.56 Å². The van der Waals surface area contributed by atoms with Crippen LogP contribution in [0.25, 0.3) is 5.69 Å². The highest BCUT2D eigenvalue weighted by molar-refractivity contribution is 9.10. The summed E-state index contributed by atoms with van der Waals surface area (Å²) in [4.78, 5) is 11.3. The molecule has 1 heterocycles. The van der Waals surface area contributed by atoms with Gasteiger partial charge in [-0.25, -0.2) is 18.9 Å². The fraction of sp³-hybridized carbons (Fsp3) is 0.111. The third kappa shape index (κ3) is 1.72. The molecule has 6 heteroatoms. The van der Waals surface area contributed by atoms with Crippen molar-refractivity contribution >= 4 is 15.9 Å². The summed E-state index contributed by atoms with van der Waals surface area (Å²) in [7, 11) is 0. The summed E-state index contributed by atoms with van der Waals surface area (Å²) in [6, 6.07) is 2.90. The number of hydrogen-bond donors (Lipinski definition) is 1. The van der Waals surface area contributed by atoms with Crippen molar-refractivity contribution in [1.82, 2.24) is 14.8 Å². The highest BCUT2D eigenvalue weighted by Crippen LogP contribution is 2.21.